The summed E-state index contributed by atoms with van der Waals surface area (Å²) in [6.45, 7) is 10.0. The van der Waals surface area contributed by atoms with Crippen molar-refractivity contribution in [2.75, 3.05) is 19.8 Å². The van der Waals surface area contributed by atoms with Crippen LogP contribution in [0.25, 0.3) is 0 Å². The Bertz CT molecular complexity index is 629. The Labute approximate surface area is 152 Å². The van der Waals surface area contributed by atoms with Crippen LogP contribution in [0.15, 0.2) is 12.1 Å². The lowest BCUT2D eigenvalue weighted by atomic mass is 10.1. The second kappa shape index (κ2) is 7.48. The Morgan fingerprint density at radius 3 is 2.48 bits per heavy atom. The molecule has 25 heavy (non-hydrogen) atoms. The summed E-state index contributed by atoms with van der Waals surface area (Å²) in [6.07, 6.45) is 0. The minimum Gasteiger partial charge on any atom is -0.491 e. The van der Waals surface area contributed by atoms with Gasteiger partial charge in [-0.2, -0.15) is 0 Å². The zero-order chi connectivity index (χ0) is 18.8. The maximum atomic E-state index is 14.2. The maximum absolute atomic E-state index is 14.2. The largest absolute Gasteiger partial charge is 0.491 e. The number of benzene rings is 1. The van der Waals surface area contributed by atoms with Gasteiger partial charge >= 0.3 is 5.97 Å². The van der Waals surface area contributed by atoms with Crippen LogP contribution in [-0.2, 0) is 14.2 Å². The molecule has 7 heteroatoms. The molecular weight excluding hydrogens is 351 g/mol. The predicted octanol–water partition coefficient (Wildman–Crippen LogP) is 4.21. The fraction of sp³-hybridized carbons (Fsp3) is 0.611. The molecule has 140 valence electrons. The summed E-state index contributed by atoms with van der Waals surface area (Å²) in [4.78, 5) is 12.0. The van der Waals surface area contributed by atoms with Gasteiger partial charge in [0.2, 0.25) is 0 Å². The summed E-state index contributed by atoms with van der Waals surface area (Å²) in [7, 11) is 0. The number of halogens is 2. The van der Waals surface area contributed by atoms with Crippen LogP contribution in [0.2, 0.25) is 5.02 Å². The van der Waals surface area contributed by atoms with E-state index in [2.05, 4.69) is 0 Å². The summed E-state index contributed by atoms with van der Waals surface area (Å²) in [6, 6.07) is 2.31. The van der Waals surface area contributed by atoms with E-state index >= 15 is 0 Å². The molecule has 1 aromatic rings. The molecule has 0 amide bonds. The first-order chi connectivity index (χ1) is 11.5. The fourth-order valence-corrected chi connectivity index (χ4v) is 2.38. The van der Waals surface area contributed by atoms with Crippen molar-refractivity contribution >= 4 is 17.6 Å². The fourth-order valence-electron chi connectivity index (χ4n) is 2.16. The molecular formula is C18H24ClFO5. The van der Waals surface area contributed by atoms with E-state index in [0.29, 0.717) is 13.2 Å². The second-order valence-electron chi connectivity index (χ2n) is 7.46. The molecule has 0 bridgehead atoms. The quantitative estimate of drug-likeness (QED) is 0.739. The van der Waals surface area contributed by atoms with E-state index in [-0.39, 0.29) is 28.9 Å². The Kier molecular flexibility index (Phi) is 5.97. The molecule has 2 rings (SSSR count). The third-order valence-corrected chi connectivity index (χ3v) is 3.74. The molecule has 0 saturated carbocycles. The summed E-state index contributed by atoms with van der Waals surface area (Å²) < 4.78 is 36.1. The molecule has 0 N–H and O–H groups in total. The van der Waals surface area contributed by atoms with E-state index in [4.69, 9.17) is 30.5 Å². The topological polar surface area (TPSA) is 54.0 Å². The number of rotatable bonds is 4. The van der Waals surface area contributed by atoms with E-state index in [1.54, 1.807) is 20.8 Å². The van der Waals surface area contributed by atoms with Gasteiger partial charge in [0.05, 0.1) is 30.4 Å². The lowest BCUT2D eigenvalue weighted by molar-refractivity contribution is -0.264. The van der Waals surface area contributed by atoms with E-state index < -0.39 is 23.2 Å². The Balaban J connectivity index is 2.01. The molecule has 0 radical (unpaired) electrons. The molecule has 0 aromatic heterocycles. The van der Waals surface area contributed by atoms with Gasteiger partial charge in [-0.1, -0.05) is 11.6 Å². The third kappa shape index (κ3) is 5.83. The van der Waals surface area contributed by atoms with Crippen molar-refractivity contribution < 1.29 is 28.1 Å². The number of hydrogen-bond donors (Lipinski definition) is 0. The molecule has 0 spiro atoms. The van der Waals surface area contributed by atoms with Crippen LogP contribution in [0.3, 0.4) is 0 Å². The van der Waals surface area contributed by atoms with Crippen LogP contribution >= 0.6 is 11.6 Å². The average molecular weight is 375 g/mol. The standard InChI is InChI=1S/C18H24ClFO5/c1-17(2,3)25-16(21)12-6-13(19)15(7-14(12)20)22-8-11-9-23-18(4,5)24-10-11/h6-7,11H,8-10H2,1-5H3. The van der Waals surface area contributed by atoms with E-state index in [9.17, 15) is 9.18 Å². The highest BCUT2D eigenvalue weighted by Gasteiger charge is 2.29. The molecule has 5 nitrogen and oxygen atoms in total. The van der Waals surface area contributed by atoms with Gasteiger partial charge in [0, 0.05) is 12.0 Å². The van der Waals surface area contributed by atoms with Crippen LogP contribution in [0.5, 0.6) is 5.75 Å². The van der Waals surface area contributed by atoms with Gasteiger partial charge < -0.3 is 18.9 Å². The Morgan fingerprint density at radius 1 is 1.32 bits per heavy atom. The average Bonchev–Trinajstić information content (AvgIpc) is 2.47. The maximum Gasteiger partial charge on any atom is 0.341 e. The normalized spacial score (nSPS) is 18.0. The summed E-state index contributed by atoms with van der Waals surface area (Å²) in [5.41, 5.74) is -0.946. The first kappa shape index (κ1) is 19.9. The SMILES string of the molecule is CC(C)(C)OC(=O)c1cc(Cl)c(OCC2COC(C)(C)OC2)cc1F. The first-order valence-electron chi connectivity index (χ1n) is 8.10. The first-order valence-corrected chi connectivity index (χ1v) is 8.48. The van der Waals surface area contributed by atoms with Crippen molar-refractivity contribution in [1.82, 2.24) is 0 Å². The van der Waals surface area contributed by atoms with Crippen LogP contribution in [-0.4, -0.2) is 37.2 Å². The van der Waals surface area contributed by atoms with Crippen molar-refractivity contribution in [3.63, 3.8) is 0 Å². The molecule has 1 aromatic carbocycles. The van der Waals surface area contributed by atoms with Crippen molar-refractivity contribution in [3.05, 3.63) is 28.5 Å². The molecule has 1 heterocycles. The van der Waals surface area contributed by atoms with Crippen molar-refractivity contribution in [1.29, 1.82) is 0 Å². The van der Waals surface area contributed by atoms with E-state index in [0.717, 1.165) is 6.07 Å². The second-order valence-corrected chi connectivity index (χ2v) is 7.87. The molecule has 0 unspecified atom stereocenters. The van der Waals surface area contributed by atoms with Crippen molar-refractivity contribution in [3.8, 4) is 5.75 Å². The molecule has 1 aliphatic heterocycles. The number of carbonyl (C=O) groups is 1. The number of hydrogen-bond acceptors (Lipinski definition) is 5. The Hall–Kier alpha value is -1.37. The molecule has 0 aliphatic carbocycles. The minimum atomic E-state index is -0.769. The van der Waals surface area contributed by atoms with Gasteiger partial charge in [0.25, 0.3) is 0 Å². The van der Waals surface area contributed by atoms with Gasteiger partial charge in [-0.25, -0.2) is 9.18 Å². The highest BCUT2D eigenvalue weighted by atomic mass is 35.5. The van der Waals surface area contributed by atoms with Crippen LogP contribution in [0.4, 0.5) is 4.39 Å². The number of esters is 1. The Morgan fingerprint density at radius 2 is 1.92 bits per heavy atom. The number of ether oxygens (including phenoxy) is 4. The molecule has 1 aliphatic rings. The zero-order valence-electron chi connectivity index (χ0n) is 15.2. The van der Waals surface area contributed by atoms with E-state index in [1.807, 2.05) is 13.8 Å². The summed E-state index contributed by atoms with van der Waals surface area (Å²) in [5.74, 6) is -1.94. The highest BCUT2D eigenvalue weighted by molar-refractivity contribution is 6.32. The van der Waals surface area contributed by atoms with Gasteiger partial charge in [0.1, 0.15) is 17.2 Å². The van der Waals surface area contributed by atoms with Crippen LogP contribution < -0.4 is 4.74 Å². The zero-order valence-corrected chi connectivity index (χ0v) is 15.9. The van der Waals surface area contributed by atoms with Gasteiger partial charge in [-0.15, -0.1) is 0 Å². The minimum absolute atomic E-state index is 0.0117. The number of carbonyl (C=O) groups excluding carboxylic acids is 1. The lowest BCUT2D eigenvalue weighted by Gasteiger charge is -2.34. The molecule has 0 atom stereocenters. The highest BCUT2D eigenvalue weighted by Crippen LogP contribution is 2.30. The van der Waals surface area contributed by atoms with Crippen LogP contribution in [0, 0.1) is 11.7 Å². The smallest absolute Gasteiger partial charge is 0.341 e. The van der Waals surface area contributed by atoms with Gasteiger partial charge in [-0.05, 0) is 40.7 Å². The molecule has 1 fully saturated rings. The van der Waals surface area contributed by atoms with Crippen LogP contribution in [0.1, 0.15) is 45.0 Å². The molecule has 1 saturated heterocycles. The van der Waals surface area contributed by atoms with E-state index in [1.165, 1.54) is 6.07 Å². The predicted molar refractivity (Wildman–Crippen MR) is 91.5 cm³/mol. The summed E-state index contributed by atoms with van der Waals surface area (Å²) in [5, 5.41) is 0.139. The van der Waals surface area contributed by atoms with Crippen molar-refractivity contribution in [2.24, 2.45) is 5.92 Å². The van der Waals surface area contributed by atoms with Gasteiger partial charge in [-0.3, -0.25) is 0 Å². The third-order valence-electron chi connectivity index (χ3n) is 3.45. The monoisotopic (exact) mass is 374 g/mol. The van der Waals surface area contributed by atoms with Gasteiger partial charge in [0.15, 0.2) is 5.79 Å². The summed E-state index contributed by atoms with van der Waals surface area (Å²) >= 11 is 6.12. The lowest BCUT2D eigenvalue weighted by Crippen LogP contribution is -2.41. The van der Waals surface area contributed by atoms with Crippen molar-refractivity contribution in [2.45, 2.75) is 46.0 Å².